The van der Waals surface area contributed by atoms with Crippen LogP contribution in [-0.2, 0) is 9.59 Å². The first-order chi connectivity index (χ1) is 17.6. The summed E-state index contributed by atoms with van der Waals surface area (Å²) in [5.74, 6) is -2.39. The minimum Gasteiger partial charge on any atom is -0.292 e. The number of anilines is 1. The molecule has 6 heteroatoms. The van der Waals surface area contributed by atoms with Gasteiger partial charge >= 0.3 is 0 Å². The molecule has 0 unspecified atom stereocenters. The molecule has 4 aromatic rings. The summed E-state index contributed by atoms with van der Waals surface area (Å²) in [6.45, 7) is 0. The van der Waals surface area contributed by atoms with Gasteiger partial charge in [-0.05, 0) is 22.6 Å². The number of carbonyl (C=O) groups excluding carboxylic acids is 3. The van der Waals surface area contributed by atoms with Crippen LogP contribution in [0.5, 0.6) is 0 Å². The maximum absolute atomic E-state index is 14.1. The standard InChI is InChI=1S/C30H21N3O3/c34-28(19-10-2-1-3-11-19)27-25-24(26-22-15-7-5-12-20(22)17-31-33(26)27)29(35)32(30(25)36)23-16-8-13-18-9-4-6-14-21(18)23/h1-17,24-27H/t24-,25+,26+,27-/m0/s1. The van der Waals surface area contributed by atoms with E-state index in [0.717, 1.165) is 21.9 Å². The number of amides is 2. The zero-order valence-electron chi connectivity index (χ0n) is 19.2. The normalized spacial score (nSPS) is 24.1. The Morgan fingerprint density at radius 2 is 1.42 bits per heavy atom. The minimum absolute atomic E-state index is 0.203. The number of Topliss-reactive ketones (excluding diaryl/α,β-unsaturated/α-hetero) is 1. The summed E-state index contributed by atoms with van der Waals surface area (Å²) in [6.07, 6.45) is 1.72. The van der Waals surface area contributed by atoms with Crippen molar-refractivity contribution in [1.82, 2.24) is 5.01 Å². The highest BCUT2D eigenvalue weighted by molar-refractivity contribution is 6.27. The lowest BCUT2D eigenvalue weighted by atomic mass is 9.83. The quantitative estimate of drug-likeness (QED) is 0.323. The van der Waals surface area contributed by atoms with E-state index in [1.807, 2.05) is 66.7 Å². The number of carbonyl (C=O) groups is 3. The van der Waals surface area contributed by atoms with Crippen molar-refractivity contribution in [3.63, 3.8) is 0 Å². The first kappa shape index (κ1) is 20.8. The molecule has 0 aliphatic carbocycles. The molecule has 4 atom stereocenters. The Balaban J connectivity index is 1.41. The number of hydrazone groups is 1. The highest BCUT2D eigenvalue weighted by atomic mass is 16.2. The summed E-state index contributed by atoms with van der Waals surface area (Å²) < 4.78 is 0. The summed E-state index contributed by atoms with van der Waals surface area (Å²) in [5, 5.41) is 8.09. The van der Waals surface area contributed by atoms with Crippen LogP contribution < -0.4 is 4.90 Å². The zero-order chi connectivity index (χ0) is 24.4. The van der Waals surface area contributed by atoms with Gasteiger partial charge in [0.1, 0.15) is 6.04 Å². The fourth-order valence-electron chi connectivity index (χ4n) is 6.08. The van der Waals surface area contributed by atoms with Crippen molar-refractivity contribution in [2.45, 2.75) is 12.1 Å². The van der Waals surface area contributed by atoms with Gasteiger partial charge in [-0.3, -0.25) is 19.4 Å². The average Bonchev–Trinajstić information content (AvgIpc) is 3.40. The van der Waals surface area contributed by atoms with Crippen LogP contribution in [0.4, 0.5) is 5.69 Å². The van der Waals surface area contributed by atoms with Crippen LogP contribution in [0.25, 0.3) is 10.8 Å². The zero-order valence-corrected chi connectivity index (χ0v) is 19.2. The van der Waals surface area contributed by atoms with Crippen LogP contribution in [0.2, 0.25) is 0 Å². The molecule has 36 heavy (non-hydrogen) atoms. The molecular weight excluding hydrogens is 450 g/mol. The van der Waals surface area contributed by atoms with Crippen molar-refractivity contribution in [2.75, 3.05) is 4.90 Å². The molecule has 0 radical (unpaired) electrons. The van der Waals surface area contributed by atoms with Gasteiger partial charge in [-0.15, -0.1) is 0 Å². The summed E-state index contributed by atoms with van der Waals surface area (Å²) in [6, 6.07) is 28.6. The maximum atomic E-state index is 14.1. The van der Waals surface area contributed by atoms with Crippen LogP contribution in [0, 0.1) is 11.8 Å². The maximum Gasteiger partial charge on any atom is 0.240 e. The van der Waals surface area contributed by atoms with Crippen molar-refractivity contribution >= 4 is 40.3 Å². The second kappa shape index (κ2) is 7.71. The Labute approximate surface area is 207 Å². The lowest BCUT2D eigenvalue weighted by molar-refractivity contribution is -0.124. The third-order valence-electron chi connectivity index (χ3n) is 7.63. The molecule has 0 saturated carbocycles. The summed E-state index contributed by atoms with van der Waals surface area (Å²) in [5.41, 5.74) is 2.86. The molecule has 7 rings (SSSR count). The summed E-state index contributed by atoms with van der Waals surface area (Å²) >= 11 is 0. The van der Waals surface area contributed by atoms with Gasteiger partial charge in [-0.1, -0.05) is 91.0 Å². The molecule has 2 fully saturated rings. The van der Waals surface area contributed by atoms with Crippen molar-refractivity contribution in [1.29, 1.82) is 0 Å². The van der Waals surface area contributed by atoms with Gasteiger partial charge in [0.2, 0.25) is 11.8 Å². The molecule has 2 saturated heterocycles. The average molecular weight is 472 g/mol. The third-order valence-corrected chi connectivity index (χ3v) is 7.63. The van der Waals surface area contributed by atoms with Gasteiger partial charge in [-0.25, -0.2) is 4.90 Å². The molecule has 3 aliphatic heterocycles. The van der Waals surface area contributed by atoms with Gasteiger partial charge in [0.05, 0.1) is 29.8 Å². The van der Waals surface area contributed by atoms with Crippen LogP contribution in [-0.4, -0.2) is 34.9 Å². The highest BCUT2D eigenvalue weighted by Crippen LogP contribution is 2.53. The predicted octanol–water partition coefficient (Wildman–Crippen LogP) is 4.60. The van der Waals surface area contributed by atoms with E-state index in [2.05, 4.69) is 5.10 Å². The lowest BCUT2D eigenvalue weighted by Crippen LogP contribution is -2.44. The monoisotopic (exact) mass is 471 g/mol. The van der Waals surface area contributed by atoms with Gasteiger partial charge < -0.3 is 0 Å². The molecule has 0 bridgehead atoms. The summed E-state index contributed by atoms with van der Waals surface area (Å²) in [4.78, 5) is 43.4. The van der Waals surface area contributed by atoms with E-state index < -0.39 is 23.9 Å². The Kier molecular flexibility index (Phi) is 4.45. The van der Waals surface area contributed by atoms with Crippen molar-refractivity contribution in [2.24, 2.45) is 16.9 Å². The second-order valence-corrected chi connectivity index (χ2v) is 9.44. The van der Waals surface area contributed by atoms with E-state index in [0.29, 0.717) is 11.3 Å². The Bertz CT molecular complexity index is 1590. The molecular formula is C30H21N3O3. The predicted molar refractivity (Wildman–Crippen MR) is 137 cm³/mol. The molecule has 3 heterocycles. The SMILES string of the molecule is O=C(c1ccccc1)[C@@H]1[C@@H]2C(=O)N(c3cccc4ccccc34)C(=O)[C@@H]2[C@H]2c3ccccc3C=NN12. The Hall–Kier alpha value is -4.58. The molecule has 0 N–H and O–H groups in total. The fourth-order valence-corrected chi connectivity index (χ4v) is 6.08. The Morgan fingerprint density at radius 1 is 0.722 bits per heavy atom. The van der Waals surface area contributed by atoms with Crippen LogP contribution in [0.3, 0.4) is 0 Å². The first-order valence-corrected chi connectivity index (χ1v) is 12.0. The number of fused-ring (bicyclic) bond motifs is 6. The first-order valence-electron chi connectivity index (χ1n) is 12.0. The molecule has 6 nitrogen and oxygen atoms in total. The largest absolute Gasteiger partial charge is 0.292 e. The van der Waals surface area contributed by atoms with Crippen LogP contribution in [0.15, 0.2) is 102 Å². The summed E-state index contributed by atoms with van der Waals surface area (Å²) in [7, 11) is 0. The van der Waals surface area contributed by atoms with E-state index in [4.69, 9.17) is 0 Å². The van der Waals surface area contributed by atoms with E-state index >= 15 is 0 Å². The van der Waals surface area contributed by atoms with Gasteiger partial charge in [-0.2, -0.15) is 5.10 Å². The van der Waals surface area contributed by atoms with Crippen molar-refractivity contribution < 1.29 is 14.4 Å². The van der Waals surface area contributed by atoms with Gasteiger partial charge in [0.15, 0.2) is 5.78 Å². The molecule has 4 aromatic carbocycles. The van der Waals surface area contributed by atoms with Crippen LogP contribution in [0.1, 0.15) is 27.5 Å². The van der Waals surface area contributed by atoms with Gasteiger partial charge in [0.25, 0.3) is 0 Å². The Morgan fingerprint density at radius 3 is 2.28 bits per heavy atom. The molecule has 0 spiro atoms. The number of nitrogens with zero attached hydrogens (tertiary/aromatic N) is 3. The number of imide groups is 1. The van der Waals surface area contributed by atoms with Gasteiger partial charge in [0, 0.05) is 10.9 Å². The topological polar surface area (TPSA) is 70.0 Å². The highest BCUT2D eigenvalue weighted by Gasteiger charge is 2.65. The molecule has 0 aromatic heterocycles. The number of hydrogen-bond acceptors (Lipinski definition) is 5. The molecule has 174 valence electrons. The third kappa shape index (κ3) is 2.78. The van der Waals surface area contributed by atoms with E-state index in [1.54, 1.807) is 41.6 Å². The number of ketones is 1. The number of hydrogen-bond donors (Lipinski definition) is 0. The van der Waals surface area contributed by atoms with E-state index in [-0.39, 0.29) is 17.6 Å². The second-order valence-electron chi connectivity index (χ2n) is 9.44. The van der Waals surface area contributed by atoms with Crippen molar-refractivity contribution in [3.8, 4) is 0 Å². The number of rotatable bonds is 3. The lowest BCUT2D eigenvalue weighted by Gasteiger charge is -2.34. The molecule has 3 aliphatic rings. The van der Waals surface area contributed by atoms with E-state index in [9.17, 15) is 14.4 Å². The minimum atomic E-state index is -0.872. The number of benzene rings is 4. The smallest absolute Gasteiger partial charge is 0.240 e. The van der Waals surface area contributed by atoms with Crippen LogP contribution >= 0.6 is 0 Å². The van der Waals surface area contributed by atoms with Crippen molar-refractivity contribution in [3.05, 3.63) is 114 Å². The molecule has 2 amide bonds. The fraction of sp³-hybridized carbons (Fsp3) is 0.133. The van der Waals surface area contributed by atoms with E-state index in [1.165, 1.54) is 4.90 Å².